The Morgan fingerprint density at radius 2 is 1.90 bits per heavy atom. The zero-order valence-electron chi connectivity index (χ0n) is 12.5. The molecule has 0 spiro atoms. The minimum atomic E-state index is -0.542. The van der Waals surface area contributed by atoms with Crippen molar-refractivity contribution in [1.82, 2.24) is 4.90 Å². The summed E-state index contributed by atoms with van der Waals surface area (Å²) in [5.74, 6) is 0.0949. The number of nitrogens with zero attached hydrogens (tertiary/aromatic N) is 2. The number of non-ortho nitro benzene ring substituents is 1. The van der Waals surface area contributed by atoms with Crippen LogP contribution in [0.25, 0.3) is 0 Å². The third-order valence-electron chi connectivity index (χ3n) is 2.88. The van der Waals surface area contributed by atoms with Crippen LogP contribution in [0.5, 0.6) is 5.75 Å². The number of hydrogen-bond acceptors (Lipinski definition) is 4. The van der Waals surface area contributed by atoms with Crippen molar-refractivity contribution in [3.63, 3.8) is 0 Å². The first kappa shape index (κ1) is 17.2. The van der Waals surface area contributed by atoms with E-state index < -0.39 is 4.92 Å². The molecule has 0 aliphatic rings. The second-order valence-corrected chi connectivity index (χ2v) is 5.56. The topological polar surface area (TPSA) is 72.7 Å². The van der Waals surface area contributed by atoms with E-state index in [9.17, 15) is 14.9 Å². The van der Waals surface area contributed by atoms with Crippen LogP contribution in [0.15, 0.2) is 18.2 Å². The number of amides is 1. The van der Waals surface area contributed by atoms with Gasteiger partial charge in [-0.25, -0.2) is 0 Å². The van der Waals surface area contributed by atoms with Gasteiger partial charge in [-0.1, -0.05) is 11.6 Å². The molecule has 0 N–H and O–H groups in total. The molecule has 0 aliphatic heterocycles. The van der Waals surface area contributed by atoms with Gasteiger partial charge >= 0.3 is 0 Å². The number of nitro benzene ring substituents is 1. The largest absolute Gasteiger partial charge is 0.482 e. The van der Waals surface area contributed by atoms with E-state index in [4.69, 9.17) is 16.3 Å². The maximum atomic E-state index is 12.1. The third-order valence-corrected chi connectivity index (χ3v) is 3.17. The summed E-state index contributed by atoms with van der Waals surface area (Å²) >= 11 is 5.91. The second kappa shape index (κ2) is 7.26. The molecule has 0 atom stereocenters. The van der Waals surface area contributed by atoms with E-state index in [0.717, 1.165) is 0 Å². The monoisotopic (exact) mass is 314 g/mol. The first-order valence-electron chi connectivity index (χ1n) is 6.62. The molecular weight excluding hydrogens is 296 g/mol. The van der Waals surface area contributed by atoms with E-state index in [2.05, 4.69) is 0 Å². The van der Waals surface area contributed by atoms with Crippen molar-refractivity contribution >= 4 is 23.2 Å². The van der Waals surface area contributed by atoms with Gasteiger partial charge in [-0.05, 0) is 33.8 Å². The minimum Gasteiger partial charge on any atom is -0.482 e. The van der Waals surface area contributed by atoms with Gasteiger partial charge in [0, 0.05) is 24.2 Å². The fourth-order valence-corrected chi connectivity index (χ4v) is 2.34. The molecule has 0 fully saturated rings. The van der Waals surface area contributed by atoms with E-state index in [-0.39, 0.29) is 41.1 Å². The Bertz CT molecular complexity index is 524. The first-order chi connectivity index (χ1) is 9.73. The molecule has 0 unspecified atom stereocenters. The third kappa shape index (κ3) is 4.60. The average molecular weight is 315 g/mol. The van der Waals surface area contributed by atoms with Crippen molar-refractivity contribution in [2.24, 2.45) is 0 Å². The van der Waals surface area contributed by atoms with Gasteiger partial charge in [0.15, 0.2) is 6.61 Å². The molecule has 1 aromatic carbocycles. The molecular formula is C14H19ClN2O4. The Hall–Kier alpha value is -1.82. The van der Waals surface area contributed by atoms with Crippen LogP contribution in [0.1, 0.15) is 27.7 Å². The van der Waals surface area contributed by atoms with Crippen LogP contribution in [0, 0.1) is 10.1 Å². The molecule has 116 valence electrons. The molecule has 0 saturated carbocycles. The van der Waals surface area contributed by atoms with Crippen molar-refractivity contribution in [1.29, 1.82) is 0 Å². The van der Waals surface area contributed by atoms with Crippen molar-refractivity contribution in [2.75, 3.05) is 6.61 Å². The van der Waals surface area contributed by atoms with Gasteiger partial charge in [0.1, 0.15) is 5.75 Å². The summed E-state index contributed by atoms with van der Waals surface area (Å²) in [6, 6.07) is 4.00. The smallest absolute Gasteiger partial charge is 0.271 e. The molecule has 21 heavy (non-hydrogen) atoms. The minimum absolute atomic E-state index is 0.0634. The van der Waals surface area contributed by atoms with Gasteiger partial charge in [0.05, 0.1) is 9.95 Å². The molecule has 0 aromatic heterocycles. The Morgan fingerprint density at radius 3 is 2.33 bits per heavy atom. The lowest BCUT2D eigenvalue weighted by Crippen LogP contribution is -2.44. The summed E-state index contributed by atoms with van der Waals surface area (Å²) < 4.78 is 5.37. The van der Waals surface area contributed by atoms with E-state index in [1.807, 2.05) is 27.7 Å². The van der Waals surface area contributed by atoms with Crippen LogP contribution < -0.4 is 4.74 Å². The normalized spacial score (nSPS) is 10.8. The first-order valence-corrected chi connectivity index (χ1v) is 6.99. The van der Waals surface area contributed by atoms with Crippen LogP contribution in [-0.2, 0) is 4.79 Å². The summed E-state index contributed by atoms with van der Waals surface area (Å²) in [5.41, 5.74) is -0.121. The highest BCUT2D eigenvalue weighted by Crippen LogP contribution is 2.28. The van der Waals surface area contributed by atoms with Crippen molar-refractivity contribution in [3.8, 4) is 5.75 Å². The molecule has 1 rings (SSSR count). The molecule has 0 aliphatic carbocycles. The number of ether oxygens (including phenoxy) is 1. The number of benzene rings is 1. The van der Waals surface area contributed by atoms with Gasteiger partial charge in [-0.15, -0.1) is 0 Å². The number of rotatable bonds is 6. The van der Waals surface area contributed by atoms with Gasteiger partial charge in [-0.3, -0.25) is 14.9 Å². The molecule has 1 amide bonds. The summed E-state index contributed by atoms with van der Waals surface area (Å²) in [6.45, 7) is 7.55. The van der Waals surface area contributed by atoms with E-state index >= 15 is 0 Å². The highest BCUT2D eigenvalue weighted by atomic mass is 35.5. The Morgan fingerprint density at radius 1 is 1.33 bits per heavy atom. The van der Waals surface area contributed by atoms with Gasteiger partial charge in [0.25, 0.3) is 11.6 Å². The van der Waals surface area contributed by atoms with Crippen LogP contribution >= 0.6 is 11.6 Å². The zero-order chi connectivity index (χ0) is 16.2. The van der Waals surface area contributed by atoms with Crippen molar-refractivity contribution in [3.05, 3.63) is 33.3 Å². The van der Waals surface area contributed by atoms with Gasteiger partial charge in [0.2, 0.25) is 0 Å². The lowest BCUT2D eigenvalue weighted by molar-refractivity contribution is -0.384. The average Bonchev–Trinajstić information content (AvgIpc) is 2.36. The van der Waals surface area contributed by atoms with E-state index in [1.54, 1.807) is 4.90 Å². The molecule has 0 bridgehead atoms. The van der Waals surface area contributed by atoms with Crippen molar-refractivity contribution < 1.29 is 14.5 Å². The number of carbonyl (C=O) groups is 1. The summed E-state index contributed by atoms with van der Waals surface area (Å²) in [6.07, 6.45) is 0. The molecule has 7 heteroatoms. The highest BCUT2D eigenvalue weighted by Gasteiger charge is 2.21. The Kier molecular flexibility index (Phi) is 5.96. The molecule has 0 heterocycles. The van der Waals surface area contributed by atoms with Gasteiger partial charge < -0.3 is 9.64 Å². The van der Waals surface area contributed by atoms with Crippen LogP contribution in [0.2, 0.25) is 5.02 Å². The Labute approximate surface area is 128 Å². The molecule has 6 nitrogen and oxygen atoms in total. The zero-order valence-corrected chi connectivity index (χ0v) is 13.3. The van der Waals surface area contributed by atoms with E-state index in [1.165, 1.54) is 18.2 Å². The van der Waals surface area contributed by atoms with Crippen LogP contribution in [-0.4, -0.2) is 34.4 Å². The number of halogens is 1. The maximum Gasteiger partial charge on any atom is 0.271 e. The van der Waals surface area contributed by atoms with Gasteiger partial charge in [-0.2, -0.15) is 0 Å². The molecule has 1 aromatic rings. The van der Waals surface area contributed by atoms with Crippen LogP contribution in [0.4, 0.5) is 5.69 Å². The Balaban J connectivity index is 2.75. The SMILES string of the molecule is CC(C)N(C(=O)COc1ccc([N+](=O)[O-])cc1Cl)C(C)C. The highest BCUT2D eigenvalue weighted by molar-refractivity contribution is 6.32. The van der Waals surface area contributed by atoms with Crippen molar-refractivity contribution in [2.45, 2.75) is 39.8 Å². The summed E-state index contributed by atoms with van der Waals surface area (Å²) in [5, 5.41) is 10.7. The fraction of sp³-hybridized carbons (Fsp3) is 0.500. The number of hydrogen-bond donors (Lipinski definition) is 0. The predicted octanol–water partition coefficient (Wildman–Crippen LogP) is 3.27. The molecule has 0 saturated heterocycles. The fourth-order valence-electron chi connectivity index (χ4n) is 2.11. The maximum absolute atomic E-state index is 12.1. The lowest BCUT2D eigenvalue weighted by atomic mass is 10.2. The second-order valence-electron chi connectivity index (χ2n) is 5.15. The quantitative estimate of drug-likeness (QED) is 0.596. The number of nitro groups is 1. The number of carbonyl (C=O) groups excluding carboxylic acids is 1. The molecule has 0 radical (unpaired) electrons. The lowest BCUT2D eigenvalue weighted by Gasteiger charge is -2.30. The summed E-state index contributed by atoms with van der Waals surface area (Å²) in [7, 11) is 0. The standard InChI is InChI=1S/C14H19ClN2O4/c1-9(2)16(10(3)4)14(18)8-21-13-6-5-11(17(19)20)7-12(13)15/h5-7,9-10H,8H2,1-4H3. The summed E-state index contributed by atoms with van der Waals surface area (Å²) in [4.78, 5) is 23.9. The van der Waals surface area contributed by atoms with Crippen LogP contribution in [0.3, 0.4) is 0 Å². The van der Waals surface area contributed by atoms with E-state index in [0.29, 0.717) is 0 Å². The predicted molar refractivity (Wildman–Crippen MR) is 80.7 cm³/mol.